The zero-order valence-corrected chi connectivity index (χ0v) is 16.4. The molecule has 3 aromatic carbocycles. The Balaban J connectivity index is 1.53. The molecule has 0 unspecified atom stereocenters. The molecule has 4 rings (SSSR count). The topological polar surface area (TPSA) is 81.6 Å². The summed E-state index contributed by atoms with van der Waals surface area (Å²) in [4.78, 5) is 15.3. The maximum absolute atomic E-state index is 11.2. The summed E-state index contributed by atoms with van der Waals surface area (Å²) in [6.45, 7) is 4.16. The third kappa shape index (κ3) is 4.17. The van der Waals surface area contributed by atoms with Crippen LogP contribution in [-0.4, -0.2) is 23.9 Å². The van der Waals surface area contributed by atoms with E-state index in [1.807, 2.05) is 77.5 Å². The van der Waals surface area contributed by atoms with Crippen LogP contribution < -0.4 is 15.8 Å². The number of amides is 1. The van der Waals surface area contributed by atoms with Crippen molar-refractivity contribution in [1.29, 1.82) is 0 Å². The predicted octanol–water partition coefficient (Wildman–Crippen LogP) is 4.57. The predicted molar refractivity (Wildman–Crippen MR) is 121 cm³/mol. The lowest BCUT2D eigenvalue weighted by Gasteiger charge is -2.12. The van der Waals surface area contributed by atoms with Crippen LogP contribution in [0.15, 0.2) is 84.0 Å². The Morgan fingerprint density at radius 1 is 1.03 bits per heavy atom. The molecule has 150 valence electrons. The highest BCUT2D eigenvalue weighted by atomic mass is 16.5. The summed E-state index contributed by atoms with van der Waals surface area (Å²) in [6.07, 6.45) is 1.87. The highest BCUT2D eigenvalue weighted by Crippen LogP contribution is 2.34. The number of ether oxygens (including phenoxy) is 1. The molecule has 0 aliphatic rings. The van der Waals surface area contributed by atoms with Gasteiger partial charge in [-0.2, -0.15) is 0 Å². The second-order valence-electron chi connectivity index (χ2n) is 6.86. The lowest BCUT2D eigenvalue weighted by molar-refractivity contribution is -0.118. The minimum Gasteiger partial charge on any atom is -0.471 e. The third-order valence-electron chi connectivity index (χ3n) is 4.84. The average Bonchev–Trinajstić information content (AvgIpc) is 3.16. The van der Waals surface area contributed by atoms with Gasteiger partial charge in [-0.1, -0.05) is 30.3 Å². The molecule has 6 heteroatoms. The molecule has 0 radical (unpaired) electrons. The minimum atomic E-state index is -0.365. The van der Waals surface area contributed by atoms with E-state index in [-0.39, 0.29) is 12.5 Å². The molecule has 1 heterocycles. The normalized spacial score (nSPS) is 10.7. The summed E-state index contributed by atoms with van der Waals surface area (Å²) >= 11 is 0. The SMILES string of the molecule is C=Nc1cc(-c2ccc3c(ccn3CC(N)=O)c2)ccc1OCNc1ccccc1. The van der Waals surface area contributed by atoms with Crippen molar-refractivity contribution in [3.8, 4) is 16.9 Å². The van der Waals surface area contributed by atoms with E-state index >= 15 is 0 Å². The highest BCUT2D eigenvalue weighted by molar-refractivity contribution is 5.87. The van der Waals surface area contributed by atoms with Gasteiger partial charge < -0.3 is 20.4 Å². The van der Waals surface area contributed by atoms with Crippen LogP contribution in [-0.2, 0) is 11.3 Å². The van der Waals surface area contributed by atoms with Crippen molar-refractivity contribution in [3.63, 3.8) is 0 Å². The Bertz CT molecular complexity index is 1200. The fourth-order valence-electron chi connectivity index (χ4n) is 3.38. The number of rotatable bonds is 8. The number of hydrogen-bond acceptors (Lipinski definition) is 4. The number of nitrogens with one attached hydrogen (secondary N) is 1. The molecule has 0 spiro atoms. The molecule has 4 aromatic rings. The lowest BCUT2D eigenvalue weighted by Crippen LogP contribution is -2.17. The van der Waals surface area contributed by atoms with Gasteiger partial charge in [-0.15, -0.1) is 0 Å². The van der Waals surface area contributed by atoms with Crippen LogP contribution >= 0.6 is 0 Å². The number of para-hydroxylation sites is 1. The van der Waals surface area contributed by atoms with Crippen LogP contribution in [0.3, 0.4) is 0 Å². The Morgan fingerprint density at radius 3 is 2.57 bits per heavy atom. The van der Waals surface area contributed by atoms with E-state index in [1.165, 1.54) is 0 Å². The van der Waals surface area contributed by atoms with Crippen LogP contribution in [0.4, 0.5) is 11.4 Å². The number of carbonyl (C=O) groups excluding carboxylic acids is 1. The van der Waals surface area contributed by atoms with Crippen LogP contribution in [0.2, 0.25) is 0 Å². The molecule has 3 N–H and O–H groups in total. The number of hydrogen-bond donors (Lipinski definition) is 2. The van der Waals surface area contributed by atoms with E-state index in [9.17, 15) is 4.79 Å². The van der Waals surface area contributed by atoms with Crippen LogP contribution in [0.25, 0.3) is 22.0 Å². The first-order valence-corrected chi connectivity index (χ1v) is 9.54. The molecule has 0 aliphatic carbocycles. The van der Waals surface area contributed by atoms with Crippen LogP contribution in [0, 0.1) is 0 Å². The third-order valence-corrected chi connectivity index (χ3v) is 4.84. The summed E-state index contributed by atoms with van der Waals surface area (Å²) in [5.41, 5.74) is 9.99. The molecular formula is C24H22N4O2. The van der Waals surface area contributed by atoms with Crippen LogP contribution in [0.1, 0.15) is 0 Å². The standard InChI is InChI=1S/C24H22N4O2/c1-26-21-14-18(8-10-23(21)30-16-27-20-5-3-2-4-6-20)17-7-9-22-19(13-17)11-12-28(22)15-24(25)29/h2-14,27H,1,15-16H2,(H2,25,29). The fraction of sp³-hybridized carbons (Fsp3) is 0.0833. The zero-order chi connectivity index (χ0) is 20.9. The smallest absolute Gasteiger partial charge is 0.237 e. The molecule has 0 saturated carbocycles. The van der Waals surface area contributed by atoms with E-state index < -0.39 is 0 Å². The number of aromatic nitrogens is 1. The van der Waals surface area contributed by atoms with E-state index in [0.717, 1.165) is 27.7 Å². The molecular weight excluding hydrogens is 376 g/mol. The second kappa shape index (κ2) is 8.53. The first kappa shape index (κ1) is 19.3. The maximum atomic E-state index is 11.2. The van der Waals surface area contributed by atoms with Crippen molar-refractivity contribution >= 4 is 34.9 Å². The highest BCUT2D eigenvalue weighted by Gasteiger charge is 2.09. The number of carbonyl (C=O) groups is 1. The molecule has 0 aliphatic heterocycles. The van der Waals surface area contributed by atoms with Crippen molar-refractivity contribution in [2.75, 3.05) is 12.0 Å². The van der Waals surface area contributed by atoms with E-state index in [1.54, 1.807) is 0 Å². The maximum Gasteiger partial charge on any atom is 0.237 e. The van der Waals surface area contributed by atoms with E-state index in [2.05, 4.69) is 23.1 Å². The minimum absolute atomic E-state index is 0.163. The number of nitrogens with two attached hydrogens (primary N) is 1. The van der Waals surface area contributed by atoms with Gasteiger partial charge in [0.15, 0.2) is 6.73 Å². The summed E-state index contributed by atoms with van der Waals surface area (Å²) < 4.78 is 7.68. The number of benzene rings is 3. The first-order valence-electron chi connectivity index (χ1n) is 9.54. The Labute approximate surface area is 174 Å². The van der Waals surface area contributed by atoms with Gasteiger partial charge in [0, 0.05) is 22.8 Å². The second-order valence-corrected chi connectivity index (χ2v) is 6.86. The molecule has 30 heavy (non-hydrogen) atoms. The summed E-state index contributed by atoms with van der Waals surface area (Å²) in [6, 6.07) is 23.7. The van der Waals surface area contributed by atoms with Gasteiger partial charge in [-0.3, -0.25) is 9.79 Å². The Kier molecular flexibility index (Phi) is 5.48. The fourth-order valence-corrected chi connectivity index (χ4v) is 3.38. The van der Waals surface area contributed by atoms with Crippen molar-refractivity contribution in [1.82, 2.24) is 4.57 Å². The van der Waals surface area contributed by atoms with Gasteiger partial charge >= 0.3 is 0 Å². The number of fused-ring (bicyclic) bond motifs is 1. The molecule has 1 aromatic heterocycles. The average molecular weight is 398 g/mol. The molecule has 0 saturated heterocycles. The van der Waals surface area contributed by atoms with Crippen molar-refractivity contribution in [2.45, 2.75) is 6.54 Å². The number of primary amides is 1. The molecule has 0 atom stereocenters. The largest absolute Gasteiger partial charge is 0.471 e. The summed E-state index contributed by atoms with van der Waals surface area (Å²) in [5, 5.41) is 4.24. The molecule has 0 fully saturated rings. The number of nitrogens with zero attached hydrogens (tertiary/aromatic N) is 2. The van der Waals surface area contributed by atoms with Crippen molar-refractivity contribution in [3.05, 3.63) is 79.0 Å². The summed E-state index contributed by atoms with van der Waals surface area (Å²) in [7, 11) is 0. The first-order chi connectivity index (χ1) is 14.6. The quantitative estimate of drug-likeness (QED) is 0.337. The van der Waals surface area contributed by atoms with Gasteiger partial charge in [0.1, 0.15) is 18.0 Å². The lowest BCUT2D eigenvalue weighted by atomic mass is 10.0. The van der Waals surface area contributed by atoms with Gasteiger partial charge in [0.05, 0.1) is 0 Å². The Morgan fingerprint density at radius 2 is 1.80 bits per heavy atom. The van der Waals surface area contributed by atoms with Gasteiger partial charge in [-0.05, 0) is 60.3 Å². The molecule has 1 amide bonds. The van der Waals surface area contributed by atoms with Crippen LogP contribution in [0.5, 0.6) is 5.75 Å². The van der Waals surface area contributed by atoms with Gasteiger partial charge in [-0.25, -0.2) is 0 Å². The van der Waals surface area contributed by atoms with E-state index in [0.29, 0.717) is 18.2 Å². The molecule has 0 bridgehead atoms. The summed E-state index contributed by atoms with van der Waals surface area (Å²) in [5.74, 6) is 0.293. The number of anilines is 1. The van der Waals surface area contributed by atoms with Crippen molar-refractivity contribution < 1.29 is 9.53 Å². The number of aliphatic imine (C=N–C) groups is 1. The van der Waals surface area contributed by atoms with Gasteiger partial charge in [0.25, 0.3) is 0 Å². The monoisotopic (exact) mass is 398 g/mol. The zero-order valence-electron chi connectivity index (χ0n) is 16.4. The van der Waals surface area contributed by atoms with Crippen molar-refractivity contribution in [2.24, 2.45) is 10.7 Å². The Hall–Kier alpha value is -4.06. The molecule has 6 nitrogen and oxygen atoms in total. The van der Waals surface area contributed by atoms with Gasteiger partial charge in [0.2, 0.25) is 5.91 Å². The van der Waals surface area contributed by atoms with E-state index in [4.69, 9.17) is 10.5 Å².